The van der Waals surface area contributed by atoms with Gasteiger partial charge in [0, 0.05) is 60.3 Å². The molecule has 5 heteroatoms. The van der Waals surface area contributed by atoms with E-state index in [0.29, 0.717) is 12.3 Å². The zero-order chi connectivity index (χ0) is 20.8. The second kappa shape index (κ2) is 9.62. The molecule has 0 radical (unpaired) electrons. The van der Waals surface area contributed by atoms with E-state index in [-0.39, 0.29) is 0 Å². The van der Waals surface area contributed by atoms with Crippen LogP contribution in [0.3, 0.4) is 0 Å². The Morgan fingerprint density at radius 1 is 1.10 bits per heavy atom. The molecule has 30 heavy (non-hydrogen) atoms. The van der Waals surface area contributed by atoms with Crippen LogP contribution >= 0.6 is 11.3 Å². The molecule has 0 spiro atoms. The third-order valence-electron chi connectivity index (χ3n) is 5.50. The number of rotatable bonds is 9. The van der Waals surface area contributed by atoms with Crippen molar-refractivity contribution in [3.8, 4) is 6.07 Å². The van der Waals surface area contributed by atoms with E-state index in [2.05, 4.69) is 93.5 Å². The summed E-state index contributed by atoms with van der Waals surface area (Å²) in [4.78, 5) is 6.91. The number of aromatic amines is 1. The number of H-pyrrole nitrogens is 1. The minimum absolute atomic E-state index is 0.317. The SMILES string of the molecule is CN(CCC#N)c1ccc(CNC[C@@H](c2cccs2)c2c[nH]c3ccccc23)cc1. The zero-order valence-electron chi connectivity index (χ0n) is 17.1. The van der Waals surface area contributed by atoms with Crippen molar-refractivity contribution in [2.75, 3.05) is 25.0 Å². The Morgan fingerprint density at radius 3 is 2.70 bits per heavy atom. The maximum atomic E-state index is 8.76. The molecule has 2 N–H and O–H groups in total. The Kier molecular flexibility index (Phi) is 6.48. The number of hydrogen-bond acceptors (Lipinski definition) is 4. The third-order valence-corrected chi connectivity index (χ3v) is 6.48. The highest BCUT2D eigenvalue weighted by Crippen LogP contribution is 2.32. The van der Waals surface area contributed by atoms with E-state index >= 15 is 0 Å². The molecule has 0 saturated heterocycles. The van der Waals surface area contributed by atoms with Gasteiger partial charge in [0.25, 0.3) is 0 Å². The van der Waals surface area contributed by atoms with Gasteiger partial charge >= 0.3 is 0 Å². The summed E-state index contributed by atoms with van der Waals surface area (Å²) in [5, 5.41) is 15.9. The van der Waals surface area contributed by atoms with Gasteiger partial charge in [-0.15, -0.1) is 11.3 Å². The van der Waals surface area contributed by atoms with Crippen LogP contribution in [0.4, 0.5) is 5.69 Å². The standard InChI is InChI=1S/C25H26N4S/c1-29(14-5-13-26)20-11-9-19(10-12-20)16-27-17-23(25-8-4-15-30-25)22-18-28-24-7-3-2-6-21(22)24/h2-4,6-12,15,18,23,27-28H,5,14,16-17H2,1H3/t23-/m1/s1. The van der Waals surface area contributed by atoms with Crippen molar-refractivity contribution in [2.24, 2.45) is 0 Å². The fraction of sp³-hybridized carbons (Fsp3) is 0.240. The summed E-state index contributed by atoms with van der Waals surface area (Å²) in [6, 6.07) is 23.6. The van der Waals surface area contributed by atoms with E-state index in [4.69, 9.17) is 5.26 Å². The van der Waals surface area contributed by atoms with E-state index in [1.807, 2.05) is 18.4 Å². The van der Waals surface area contributed by atoms with Crippen LogP contribution < -0.4 is 10.2 Å². The third kappa shape index (κ3) is 4.56. The molecule has 0 unspecified atom stereocenters. The van der Waals surface area contributed by atoms with E-state index in [9.17, 15) is 0 Å². The first-order valence-electron chi connectivity index (χ1n) is 10.2. The van der Waals surface area contributed by atoms with Crippen molar-refractivity contribution >= 4 is 27.9 Å². The summed E-state index contributed by atoms with van der Waals surface area (Å²) in [6.45, 7) is 2.46. The van der Waals surface area contributed by atoms with Gasteiger partial charge in [0.2, 0.25) is 0 Å². The predicted octanol–water partition coefficient (Wildman–Crippen LogP) is 5.50. The average molecular weight is 415 g/mol. The van der Waals surface area contributed by atoms with Crippen molar-refractivity contribution in [2.45, 2.75) is 18.9 Å². The van der Waals surface area contributed by atoms with Crippen LogP contribution in [0.1, 0.15) is 28.3 Å². The molecule has 4 nitrogen and oxygen atoms in total. The minimum Gasteiger partial charge on any atom is -0.374 e. The van der Waals surface area contributed by atoms with Gasteiger partial charge in [-0.1, -0.05) is 36.4 Å². The summed E-state index contributed by atoms with van der Waals surface area (Å²) < 4.78 is 0. The molecule has 2 aromatic carbocycles. The topological polar surface area (TPSA) is 54.9 Å². The van der Waals surface area contributed by atoms with Crippen molar-refractivity contribution < 1.29 is 0 Å². The largest absolute Gasteiger partial charge is 0.374 e. The first-order valence-corrected chi connectivity index (χ1v) is 11.1. The van der Waals surface area contributed by atoms with Crippen LogP contribution in [-0.4, -0.2) is 25.1 Å². The van der Waals surface area contributed by atoms with Gasteiger partial charge in [-0.2, -0.15) is 5.26 Å². The first kappa shape index (κ1) is 20.2. The fourth-order valence-corrected chi connectivity index (χ4v) is 4.66. The molecule has 0 aliphatic carbocycles. The first-order chi connectivity index (χ1) is 14.8. The molecule has 0 amide bonds. The van der Waals surface area contributed by atoms with Gasteiger partial charge in [0.05, 0.1) is 12.5 Å². The van der Waals surface area contributed by atoms with Gasteiger partial charge in [-0.3, -0.25) is 0 Å². The lowest BCUT2D eigenvalue weighted by Crippen LogP contribution is -2.21. The number of aromatic nitrogens is 1. The highest BCUT2D eigenvalue weighted by molar-refractivity contribution is 7.10. The normalized spacial score (nSPS) is 12.0. The highest BCUT2D eigenvalue weighted by Gasteiger charge is 2.18. The van der Waals surface area contributed by atoms with Gasteiger partial charge in [0.15, 0.2) is 0 Å². The van der Waals surface area contributed by atoms with Crippen LogP contribution in [0.15, 0.2) is 72.2 Å². The smallest absolute Gasteiger partial charge is 0.0640 e. The maximum absolute atomic E-state index is 8.76. The lowest BCUT2D eigenvalue weighted by molar-refractivity contribution is 0.643. The highest BCUT2D eigenvalue weighted by atomic mass is 32.1. The molecule has 152 valence electrons. The number of para-hydroxylation sites is 1. The molecule has 4 rings (SSSR count). The molecule has 4 aromatic rings. The van der Waals surface area contributed by atoms with Crippen LogP contribution in [0.25, 0.3) is 10.9 Å². The van der Waals surface area contributed by atoms with Crippen molar-refractivity contribution in [3.05, 3.63) is 88.2 Å². The Bertz CT molecular complexity index is 1110. The number of nitrogens with one attached hydrogen (secondary N) is 2. The Hall–Kier alpha value is -3.07. The van der Waals surface area contributed by atoms with Gasteiger partial charge in [0.1, 0.15) is 0 Å². The molecule has 0 bridgehead atoms. The van der Waals surface area contributed by atoms with Crippen LogP contribution in [0.2, 0.25) is 0 Å². The predicted molar refractivity (Wildman–Crippen MR) is 126 cm³/mol. The molecule has 0 aliphatic rings. The Labute approximate surface area is 181 Å². The average Bonchev–Trinajstić information content (AvgIpc) is 3.46. The van der Waals surface area contributed by atoms with Gasteiger partial charge < -0.3 is 15.2 Å². The molecule has 2 aromatic heterocycles. The Balaban J connectivity index is 1.43. The Morgan fingerprint density at radius 2 is 1.93 bits per heavy atom. The van der Waals surface area contributed by atoms with Crippen LogP contribution in [0.5, 0.6) is 0 Å². The summed E-state index contributed by atoms with van der Waals surface area (Å²) in [7, 11) is 2.03. The van der Waals surface area contributed by atoms with Crippen LogP contribution in [0, 0.1) is 11.3 Å². The summed E-state index contributed by atoms with van der Waals surface area (Å²) in [5.41, 5.74) is 4.93. The fourth-order valence-electron chi connectivity index (χ4n) is 3.81. The molecular formula is C25H26N4S. The molecule has 1 atom stereocenters. The van der Waals surface area contributed by atoms with E-state index < -0.39 is 0 Å². The molecular weight excluding hydrogens is 388 g/mol. The number of anilines is 1. The van der Waals surface area contributed by atoms with E-state index in [1.165, 1.54) is 26.9 Å². The summed E-state index contributed by atoms with van der Waals surface area (Å²) >= 11 is 1.81. The number of benzene rings is 2. The molecule has 0 fully saturated rings. The van der Waals surface area contributed by atoms with Crippen molar-refractivity contribution in [1.82, 2.24) is 10.3 Å². The monoisotopic (exact) mass is 414 g/mol. The number of thiophene rings is 1. The molecule has 0 aliphatic heterocycles. The van der Waals surface area contributed by atoms with Crippen molar-refractivity contribution in [3.63, 3.8) is 0 Å². The number of hydrogen-bond donors (Lipinski definition) is 2. The van der Waals surface area contributed by atoms with Crippen LogP contribution in [-0.2, 0) is 6.54 Å². The minimum atomic E-state index is 0.317. The van der Waals surface area contributed by atoms with Crippen molar-refractivity contribution in [1.29, 1.82) is 5.26 Å². The molecule has 2 heterocycles. The summed E-state index contributed by atoms with van der Waals surface area (Å²) in [6.07, 6.45) is 2.69. The lowest BCUT2D eigenvalue weighted by atomic mass is 9.96. The zero-order valence-corrected chi connectivity index (χ0v) is 18.0. The number of nitrogens with zero attached hydrogens (tertiary/aromatic N) is 2. The van der Waals surface area contributed by atoms with E-state index in [0.717, 1.165) is 25.3 Å². The van der Waals surface area contributed by atoms with Gasteiger partial charge in [-0.05, 0) is 40.8 Å². The lowest BCUT2D eigenvalue weighted by Gasteiger charge is -2.19. The molecule has 0 saturated carbocycles. The maximum Gasteiger partial charge on any atom is 0.0640 e. The van der Waals surface area contributed by atoms with E-state index in [1.54, 1.807) is 0 Å². The quantitative estimate of drug-likeness (QED) is 0.380. The second-order valence-corrected chi connectivity index (χ2v) is 8.46. The number of fused-ring (bicyclic) bond motifs is 1. The second-order valence-electron chi connectivity index (χ2n) is 7.48. The van der Waals surface area contributed by atoms with Gasteiger partial charge in [-0.25, -0.2) is 0 Å². The number of nitriles is 1. The summed E-state index contributed by atoms with van der Waals surface area (Å²) in [5.74, 6) is 0.317.